The van der Waals surface area contributed by atoms with Gasteiger partial charge in [-0.25, -0.2) is 0 Å². The first-order chi connectivity index (χ1) is 4.25. The minimum absolute atomic E-state index is 0.435. The van der Waals surface area contributed by atoms with Gasteiger partial charge in [0, 0.05) is 0 Å². The van der Waals surface area contributed by atoms with E-state index in [2.05, 4.69) is 0 Å². The molecule has 1 aliphatic heterocycles. The van der Waals surface area contributed by atoms with Crippen molar-refractivity contribution in [2.45, 2.75) is 0 Å². The minimum atomic E-state index is -2.27. The topological polar surface area (TPSA) is 54.5 Å². The van der Waals surface area contributed by atoms with Crippen molar-refractivity contribution in [1.82, 2.24) is 3.64 Å². The molecule has 0 bridgehead atoms. The molecule has 0 aliphatic carbocycles. The third kappa shape index (κ3) is 1.00. The molecule has 9 heavy (non-hydrogen) atoms. The number of nitrogens with zero attached hydrogens (tertiary/aromatic N) is 1. The Hall–Kier alpha value is -0.697. The van der Waals surface area contributed by atoms with Gasteiger partial charge in [-0.3, -0.25) is 0 Å². The summed E-state index contributed by atoms with van der Waals surface area (Å²) >= 11 is -2.27. The molecular weight excluding hydrogens is 175 g/mol. The molecule has 0 aromatic heterocycles. The van der Waals surface area contributed by atoms with E-state index in [1.165, 1.54) is 0 Å². The van der Waals surface area contributed by atoms with Gasteiger partial charge in [0.2, 0.25) is 0 Å². The van der Waals surface area contributed by atoms with Crippen molar-refractivity contribution in [3.63, 3.8) is 0 Å². The summed E-state index contributed by atoms with van der Waals surface area (Å²) in [5, 5.41) is 0. The van der Waals surface area contributed by atoms with Gasteiger partial charge in [-0.05, 0) is 0 Å². The van der Waals surface area contributed by atoms with Crippen LogP contribution in [0.3, 0.4) is 0 Å². The van der Waals surface area contributed by atoms with Crippen molar-refractivity contribution < 1.29 is 30.5 Å². The van der Waals surface area contributed by atoms with Crippen LogP contribution in [0.5, 0.6) is 0 Å². The third-order valence-electron chi connectivity index (χ3n) is 1.03. The Bertz CT molecular complexity index is 192. The van der Waals surface area contributed by atoms with Gasteiger partial charge in [0.15, 0.2) is 0 Å². The van der Waals surface area contributed by atoms with Crippen LogP contribution in [0.2, 0.25) is 0 Å². The van der Waals surface area contributed by atoms with Crippen molar-refractivity contribution in [2.24, 2.45) is 0 Å². The van der Waals surface area contributed by atoms with E-state index in [0.29, 0.717) is 0 Å². The van der Waals surface area contributed by atoms with Crippen molar-refractivity contribution in [1.29, 1.82) is 0 Å². The number of carbonyl (C=O) groups excluding carboxylic acids is 2. The Morgan fingerprint density at radius 3 is 1.89 bits per heavy atom. The molecule has 0 radical (unpaired) electrons. The summed E-state index contributed by atoms with van der Waals surface area (Å²) in [5.41, 5.74) is 0. The fraction of sp³-hybridized carbons (Fsp3) is 0. The molecule has 1 aliphatic rings. The normalized spacial score (nSPS) is 16.7. The number of hydrogen-bond acceptors (Lipinski definition) is 3. The van der Waals surface area contributed by atoms with Gasteiger partial charge in [0.05, 0.1) is 0 Å². The van der Waals surface area contributed by atoms with Crippen LogP contribution in [0.4, 0.5) is 0 Å². The van der Waals surface area contributed by atoms with Gasteiger partial charge >= 0.3 is 58.1 Å². The Morgan fingerprint density at radius 2 is 1.67 bits per heavy atom. The van der Waals surface area contributed by atoms with E-state index in [-0.39, 0.29) is 0 Å². The molecule has 0 saturated carbocycles. The van der Waals surface area contributed by atoms with E-state index < -0.39 is 29.1 Å². The molecule has 0 saturated heterocycles. The first kappa shape index (κ1) is 6.42. The molecule has 43 valence electrons. The van der Waals surface area contributed by atoms with Crippen LogP contribution >= 0.6 is 0 Å². The summed E-state index contributed by atoms with van der Waals surface area (Å²) in [6.07, 6.45) is 2.26. The number of imide groups is 1. The molecule has 2 amide bonds. The zero-order chi connectivity index (χ0) is 6.85. The summed E-state index contributed by atoms with van der Waals surface area (Å²) in [4.78, 5) is 21.0. The first-order valence-corrected chi connectivity index (χ1v) is 4.91. The Kier molecular flexibility index (Phi) is 1.62. The van der Waals surface area contributed by atoms with Gasteiger partial charge in [0.25, 0.3) is 0 Å². The molecule has 0 atom stereocenters. The number of carbonyl (C=O) groups is 2. The van der Waals surface area contributed by atoms with E-state index in [4.69, 9.17) is 0 Å². The van der Waals surface area contributed by atoms with Crippen LogP contribution in [0.1, 0.15) is 0 Å². The summed E-state index contributed by atoms with van der Waals surface area (Å²) in [5.74, 6) is -0.870. The van der Waals surface area contributed by atoms with E-state index in [0.717, 1.165) is 15.8 Å². The van der Waals surface area contributed by atoms with E-state index in [9.17, 15) is 13.2 Å². The van der Waals surface area contributed by atoms with Gasteiger partial charge < -0.3 is 0 Å². The average molecular weight is 177 g/mol. The second-order valence-electron chi connectivity index (χ2n) is 1.57. The first-order valence-electron chi connectivity index (χ1n) is 2.37. The Morgan fingerprint density at radius 1 is 1.22 bits per heavy atom. The molecule has 5 heteroatoms. The molecule has 1 rings (SSSR count). The molecule has 0 aromatic rings. The Balaban J connectivity index is 2.87. The maximum atomic E-state index is 10.5. The monoisotopic (exact) mass is 176 g/mol. The van der Waals surface area contributed by atoms with Crippen molar-refractivity contribution in [2.75, 3.05) is 0 Å². The zero-order valence-electron chi connectivity index (χ0n) is 4.53. The van der Waals surface area contributed by atoms with Crippen molar-refractivity contribution in [3.05, 3.63) is 12.2 Å². The molecule has 0 fully saturated rings. The van der Waals surface area contributed by atoms with Crippen molar-refractivity contribution >= 4 is 11.8 Å². The summed E-state index contributed by atoms with van der Waals surface area (Å²) in [6.45, 7) is 0. The maximum absolute atomic E-state index is 10.5. The predicted octanol–water partition coefficient (Wildman–Crippen LogP) is -0.746. The van der Waals surface area contributed by atoms with Crippen LogP contribution in [-0.2, 0) is 30.5 Å². The third-order valence-corrected chi connectivity index (χ3v) is 2.88. The molecule has 1 heterocycles. The van der Waals surface area contributed by atoms with Gasteiger partial charge in [-0.15, -0.1) is 0 Å². The molecule has 0 unspecified atom stereocenters. The van der Waals surface area contributed by atoms with Gasteiger partial charge in [-0.2, -0.15) is 0 Å². The van der Waals surface area contributed by atoms with Gasteiger partial charge in [0.1, 0.15) is 0 Å². The van der Waals surface area contributed by atoms with E-state index >= 15 is 0 Å². The van der Waals surface area contributed by atoms with Crippen LogP contribution < -0.4 is 0 Å². The van der Waals surface area contributed by atoms with Crippen LogP contribution in [-0.4, -0.2) is 15.5 Å². The van der Waals surface area contributed by atoms with Crippen LogP contribution in [0, 0.1) is 0 Å². The summed E-state index contributed by atoms with van der Waals surface area (Å²) in [7, 11) is 0. The van der Waals surface area contributed by atoms with Gasteiger partial charge in [-0.1, -0.05) is 0 Å². The van der Waals surface area contributed by atoms with Crippen LogP contribution in [0.15, 0.2) is 12.2 Å². The fourth-order valence-corrected chi connectivity index (χ4v) is 1.53. The molecule has 0 spiro atoms. The fourth-order valence-electron chi connectivity index (χ4n) is 0.558. The quantitative estimate of drug-likeness (QED) is 0.391. The van der Waals surface area contributed by atoms with E-state index in [1.807, 2.05) is 0 Å². The second kappa shape index (κ2) is 2.27. The van der Waals surface area contributed by atoms with Crippen molar-refractivity contribution in [3.8, 4) is 0 Å². The molecular formula is C4H2NO3Zn. The standard InChI is InChI=1S/C4H3NO2.O.Zn/c6-3-1-2-4(7)5-3;;/h1-2H,(H,5,6,7);;/q;;+1/p-1. The SMILES string of the molecule is [O]=[Zn][N]1C(=O)C=CC1=O. The summed E-state index contributed by atoms with van der Waals surface area (Å²) in [6, 6.07) is 0. The number of hydrogen-bond donors (Lipinski definition) is 0. The molecule has 4 nitrogen and oxygen atoms in total. The Labute approximate surface area is 58.6 Å². The zero-order valence-corrected chi connectivity index (χ0v) is 7.50. The summed E-state index contributed by atoms with van der Waals surface area (Å²) < 4.78 is 11.0. The second-order valence-corrected chi connectivity index (χ2v) is 3.44. The van der Waals surface area contributed by atoms with Crippen LogP contribution in [0.25, 0.3) is 0 Å². The number of rotatable bonds is 1. The number of amides is 2. The molecule has 0 aromatic carbocycles. The average Bonchev–Trinajstić information content (AvgIpc) is 2.12. The van der Waals surface area contributed by atoms with E-state index in [1.54, 1.807) is 0 Å². The predicted molar refractivity (Wildman–Crippen MR) is 21.7 cm³/mol. The molecule has 0 N–H and O–H groups in total.